The van der Waals surface area contributed by atoms with Crippen LogP contribution in [0.25, 0.3) is 0 Å². The standard InChI is InChI=1S/C24H37N3O2/c1-3-16-27-22(28)20(2)25-23(29)24(27)14-18-26(19-15-24)17-10-5-4-7-11-21-12-8-6-9-13-21/h6,8-9,12-13,20H,3-5,7,10-11,14-19H2,1-2H3,(H,25,29)/t20-/m0/s1. The number of hydrogen-bond donors (Lipinski definition) is 1. The third-order valence-electron chi connectivity index (χ3n) is 6.59. The molecule has 0 bridgehead atoms. The van der Waals surface area contributed by atoms with Crippen molar-refractivity contribution in [1.82, 2.24) is 15.1 Å². The number of hydrogen-bond acceptors (Lipinski definition) is 3. The van der Waals surface area contributed by atoms with Gasteiger partial charge in [0.25, 0.3) is 0 Å². The summed E-state index contributed by atoms with van der Waals surface area (Å²) in [4.78, 5) is 29.9. The molecule has 1 aromatic carbocycles. The lowest BCUT2D eigenvalue weighted by Crippen LogP contribution is -2.72. The van der Waals surface area contributed by atoms with E-state index >= 15 is 0 Å². The summed E-state index contributed by atoms with van der Waals surface area (Å²) < 4.78 is 0. The molecule has 2 aliphatic heterocycles. The Morgan fingerprint density at radius 3 is 2.38 bits per heavy atom. The van der Waals surface area contributed by atoms with E-state index in [1.54, 1.807) is 6.92 Å². The lowest BCUT2D eigenvalue weighted by atomic mass is 9.81. The molecule has 5 nitrogen and oxygen atoms in total. The van der Waals surface area contributed by atoms with Crippen molar-refractivity contribution in [3.05, 3.63) is 35.9 Å². The minimum Gasteiger partial charge on any atom is -0.343 e. The van der Waals surface area contributed by atoms with Crippen molar-refractivity contribution < 1.29 is 9.59 Å². The van der Waals surface area contributed by atoms with Gasteiger partial charge in [0.2, 0.25) is 11.8 Å². The van der Waals surface area contributed by atoms with Gasteiger partial charge in [-0.1, -0.05) is 50.1 Å². The highest BCUT2D eigenvalue weighted by Crippen LogP contribution is 2.33. The van der Waals surface area contributed by atoms with Gasteiger partial charge in [0.15, 0.2) is 0 Å². The predicted octanol–water partition coefficient (Wildman–Crippen LogP) is 3.38. The Bertz CT molecular complexity index is 668. The highest BCUT2D eigenvalue weighted by Gasteiger charge is 2.52. The molecule has 3 rings (SSSR count). The van der Waals surface area contributed by atoms with Crippen LogP contribution >= 0.6 is 0 Å². The van der Waals surface area contributed by atoms with E-state index in [9.17, 15) is 9.59 Å². The Kier molecular flexibility index (Phi) is 7.70. The first-order valence-electron chi connectivity index (χ1n) is 11.5. The maximum atomic E-state index is 12.8. The number of amides is 2. The van der Waals surface area contributed by atoms with E-state index in [0.717, 1.165) is 38.9 Å². The number of unbranched alkanes of at least 4 members (excludes halogenated alkanes) is 3. The Balaban J connectivity index is 1.40. The molecule has 0 aromatic heterocycles. The number of likely N-dealkylation sites (tertiary alicyclic amines) is 1. The number of rotatable bonds is 9. The Morgan fingerprint density at radius 1 is 1.00 bits per heavy atom. The summed E-state index contributed by atoms with van der Waals surface area (Å²) in [5.41, 5.74) is 0.811. The van der Waals surface area contributed by atoms with Crippen molar-refractivity contribution in [3.8, 4) is 0 Å². The topological polar surface area (TPSA) is 52.7 Å². The van der Waals surface area contributed by atoms with Crippen LogP contribution in [0.15, 0.2) is 30.3 Å². The molecule has 2 amide bonds. The van der Waals surface area contributed by atoms with E-state index in [1.807, 2.05) is 4.90 Å². The Hall–Kier alpha value is -1.88. The maximum Gasteiger partial charge on any atom is 0.246 e. The number of piperidine rings is 1. The first-order valence-corrected chi connectivity index (χ1v) is 11.5. The molecule has 0 saturated carbocycles. The van der Waals surface area contributed by atoms with Gasteiger partial charge in [0, 0.05) is 19.6 Å². The molecule has 0 unspecified atom stereocenters. The van der Waals surface area contributed by atoms with E-state index in [2.05, 4.69) is 47.5 Å². The number of nitrogens with one attached hydrogen (secondary N) is 1. The van der Waals surface area contributed by atoms with Crippen LogP contribution in [0.2, 0.25) is 0 Å². The lowest BCUT2D eigenvalue weighted by molar-refractivity contribution is -0.160. The molecule has 2 aliphatic rings. The summed E-state index contributed by atoms with van der Waals surface area (Å²) >= 11 is 0. The minimum atomic E-state index is -0.619. The monoisotopic (exact) mass is 399 g/mol. The van der Waals surface area contributed by atoms with E-state index < -0.39 is 11.6 Å². The van der Waals surface area contributed by atoms with Crippen LogP contribution in [-0.4, -0.2) is 59.4 Å². The first kappa shape index (κ1) is 21.8. The average molecular weight is 400 g/mol. The van der Waals surface area contributed by atoms with E-state index in [-0.39, 0.29) is 11.8 Å². The van der Waals surface area contributed by atoms with Gasteiger partial charge in [-0.3, -0.25) is 9.59 Å². The molecule has 5 heteroatoms. The molecule has 1 N–H and O–H groups in total. The third kappa shape index (κ3) is 5.19. The molecule has 1 spiro atoms. The fourth-order valence-corrected chi connectivity index (χ4v) is 4.81. The molecule has 2 heterocycles. The second-order valence-corrected chi connectivity index (χ2v) is 8.71. The van der Waals surface area contributed by atoms with E-state index in [0.29, 0.717) is 6.54 Å². The number of benzene rings is 1. The largest absolute Gasteiger partial charge is 0.343 e. The molecule has 1 atom stereocenters. The number of piperazine rings is 1. The molecular formula is C24H37N3O2. The highest BCUT2D eigenvalue weighted by molar-refractivity contribution is 5.99. The zero-order chi connectivity index (χ0) is 20.7. The van der Waals surface area contributed by atoms with Gasteiger partial charge in [-0.2, -0.15) is 0 Å². The van der Waals surface area contributed by atoms with Crippen molar-refractivity contribution in [2.45, 2.75) is 76.8 Å². The number of carbonyl (C=O) groups excluding carboxylic acids is 2. The minimum absolute atomic E-state index is 0.0543. The summed E-state index contributed by atoms with van der Waals surface area (Å²) in [6.45, 7) is 7.45. The molecule has 0 radical (unpaired) electrons. The van der Waals surface area contributed by atoms with Gasteiger partial charge in [-0.15, -0.1) is 0 Å². The summed E-state index contributed by atoms with van der Waals surface area (Å²) in [7, 11) is 0. The normalized spacial score (nSPS) is 22.1. The van der Waals surface area contributed by atoms with Gasteiger partial charge in [-0.25, -0.2) is 0 Å². The summed E-state index contributed by atoms with van der Waals surface area (Å²) in [5.74, 6) is 0.136. The Morgan fingerprint density at radius 2 is 1.69 bits per heavy atom. The molecule has 1 aromatic rings. The van der Waals surface area contributed by atoms with Crippen molar-refractivity contribution >= 4 is 11.8 Å². The zero-order valence-electron chi connectivity index (χ0n) is 18.2. The van der Waals surface area contributed by atoms with Crippen molar-refractivity contribution in [1.29, 1.82) is 0 Å². The highest BCUT2D eigenvalue weighted by atomic mass is 16.2. The number of aryl methyl sites for hydroxylation is 1. The number of carbonyl (C=O) groups is 2. The van der Waals surface area contributed by atoms with Gasteiger partial charge in [0.05, 0.1) is 0 Å². The fourth-order valence-electron chi connectivity index (χ4n) is 4.81. The van der Waals surface area contributed by atoms with Gasteiger partial charge < -0.3 is 15.1 Å². The first-order chi connectivity index (χ1) is 14.1. The molecule has 160 valence electrons. The maximum absolute atomic E-state index is 12.8. The second kappa shape index (κ2) is 10.2. The fraction of sp³-hybridized carbons (Fsp3) is 0.667. The number of nitrogens with zero attached hydrogens (tertiary/aromatic N) is 2. The second-order valence-electron chi connectivity index (χ2n) is 8.71. The molecule has 29 heavy (non-hydrogen) atoms. The van der Waals surface area contributed by atoms with Crippen LogP contribution < -0.4 is 5.32 Å². The van der Waals surface area contributed by atoms with E-state index in [4.69, 9.17) is 0 Å². The van der Waals surface area contributed by atoms with Crippen LogP contribution in [0.3, 0.4) is 0 Å². The average Bonchev–Trinajstić information content (AvgIpc) is 2.74. The van der Waals surface area contributed by atoms with Crippen LogP contribution in [0.5, 0.6) is 0 Å². The zero-order valence-corrected chi connectivity index (χ0v) is 18.2. The van der Waals surface area contributed by atoms with Crippen molar-refractivity contribution in [3.63, 3.8) is 0 Å². The third-order valence-corrected chi connectivity index (χ3v) is 6.59. The Labute approximate surface area is 175 Å². The summed E-state index contributed by atoms with van der Waals surface area (Å²) in [6.07, 6.45) is 8.56. The van der Waals surface area contributed by atoms with Crippen LogP contribution in [-0.2, 0) is 16.0 Å². The van der Waals surface area contributed by atoms with Crippen LogP contribution in [0, 0.1) is 0 Å². The predicted molar refractivity (Wildman–Crippen MR) is 117 cm³/mol. The smallest absolute Gasteiger partial charge is 0.246 e. The lowest BCUT2D eigenvalue weighted by Gasteiger charge is -2.51. The molecule has 0 aliphatic carbocycles. The SMILES string of the molecule is CCCN1C(=O)[C@H](C)NC(=O)C12CCN(CCCCCCc1ccccc1)CC2. The van der Waals surface area contributed by atoms with Crippen LogP contribution in [0.1, 0.15) is 64.4 Å². The van der Waals surface area contributed by atoms with Gasteiger partial charge in [-0.05, 0) is 57.6 Å². The quantitative estimate of drug-likeness (QED) is 0.648. The molecule has 2 fully saturated rings. The summed E-state index contributed by atoms with van der Waals surface area (Å²) in [5, 5.41) is 2.92. The van der Waals surface area contributed by atoms with Crippen molar-refractivity contribution in [2.24, 2.45) is 0 Å². The van der Waals surface area contributed by atoms with Crippen LogP contribution in [0.4, 0.5) is 0 Å². The molecular weight excluding hydrogens is 362 g/mol. The molecule has 2 saturated heterocycles. The van der Waals surface area contributed by atoms with Gasteiger partial charge in [0.1, 0.15) is 11.6 Å². The van der Waals surface area contributed by atoms with Gasteiger partial charge >= 0.3 is 0 Å². The van der Waals surface area contributed by atoms with Crippen molar-refractivity contribution in [2.75, 3.05) is 26.2 Å². The summed E-state index contributed by atoms with van der Waals surface area (Å²) in [6, 6.07) is 10.3. The van der Waals surface area contributed by atoms with E-state index in [1.165, 1.54) is 37.7 Å².